The highest BCUT2D eigenvalue weighted by atomic mass is 35.5. The molecule has 3 unspecified atom stereocenters. The van der Waals surface area contributed by atoms with Gasteiger partial charge in [0.05, 0.1) is 12.1 Å². The van der Waals surface area contributed by atoms with Gasteiger partial charge in [0.1, 0.15) is 5.75 Å². The van der Waals surface area contributed by atoms with Crippen LogP contribution in [0.3, 0.4) is 0 Å². The van der Waals surface area contributed by atoms with Gasteiger partial charge in [0.2, 0.25) is 0 Å². The molecule has 1 aromatic rings. The van der Waals surface area contributed by atoms with Gasteiger partial charge in [0, 0.05) is 12.6 Å². The van der Waals surface area contributed by atoms with Gasteiger partial charge in [-0.2, -0.15) is 0 Å². The molecule has 3 heteroatoms. The van der Waals surface area contributed by atoms with Crippen LogP contribution in [0, 0.1) is 11.8 Å². The first-order chi connectivity index (χ1) is 9.10. The molecule has 3 atom stereocenters. The van der Waals surface area contributed by atoms with Crippen molar-refractivity contribution in [1.82, 2.24) is 5.32 Å². The van der Waals surface area contributed by atoms with Crippen LogP contribution in [0.2, 0.25) is 5.02 Å². The molecule has 2 nitrogen and oxygen atoms in total. The summed E-state index contributed by atoms with van der Waals surface area (Å²) in [5.74, 6) is 2.43. The van der Waals surface area contributed by atoms with E-state index in [4.69, 9.17) is 16.3 Å². The van der Waals surface area contributed by atoms with Gasteiger partial charge < -0.3 is 10.1 Å². The van der Waals surface area contributed by atoms with Crippen molar-refractivity contribution in [3.8, 4) is 5.75 Å². The van der Waals surface area contributed by atoms with Crippen molar-refractivity contribution in [3.05, 3.63) is 28.8 Å². The average Bonchev–Trinajstić information content (AvgIpc) is 2.40. The van der Waals surface area contributed by atoms with Crippen molar-refractivity contribution in [3.63, 3.8) is 0 Å². The zero-order valence-corrected chi connectivity index (χ0v) is 12.8. The lowest BCUT2D eigenvalue weighted by Crippen LogP contribution is -2.35. The number of rotatable bonds is 4. The molecule has 0 aliphatic heterocycles. The SMILES string of the molecule is COc1ccc(CNC2CCC(C)C(C)C2)cc1Cl. The van der Waals surface area contributed by atoms with Crippen LogP contribution in [0.25, 0.3) is 0 Å². The Labute approximate surface area is 121 Å². The van der Waals surface area contributed by atoms with E-state index in [0.29, 0.717) is 11.1 Å². The summed E-state index contributed by atoms with van der Waals surface area (Å²) in [6.45, 7) is 5.61. The summed E-state index contributed by atoms with van der Waals surface area (Å²) in [7, 11) is 1.64. The van der Waals surface area contributed by atoms with Gasteiger partial charge >= 0.3 is 0 Å². The van der Waals surface area contributed by atoms with Crippen molar-refractivity contribution >= 4 is 11.6 Å². The molecule has 1 aromatic carbocycles. The average molecular weight is 282 g/mol. The minimum atomic E-state index is 0.645. The Hall–Kier alpha value is -0.730. The van der Waals surface area contributed by atoms with E-state index in [1.165, 1.54) is 24.8 Å². The summed E-state index contributed by atoms with van der Waals surface area (Å²) in [6.07, 6.45) is 3.91. The third-order valence-corrected chi connectivity index (χ3v) is 4.70. The zero-order valence-electron chi connectivity index (χ0n) is 12.1. The molecule has 0 amide bonds. The molecule has 1 aliphatic carbocycles. The predicted octanol–water partition coefficient (Wildman–Crippen LogP) is 4.26. The van der Waals surface area contributed by atoms with Gasteiger partial charge in [-0.05, 0) is 48.8 Å². The Morgan fingerprint density at radius 3 is 2.68 bits per heavy atom. The molecular weight excluding hydrogens is 258 g/mol. The number of benzene rings is 1. The molecule has 0 saturated heterocycles. The summed E-state index contributed by atoms with van der Waals surface area (Å²) < 4.78 is 5.17. The molecule has 106 valence electrons. The van der Waals surface area contributed by atoms with Crippen LogP contribution >= 0.6 is 11.6 Å². The van der Waals surface area contributed by atoms with E-state index < -0.39 is 0 Å². The first-order valence-corrected chi connectivity index (χ1v) is 7.53. The van der Waals surface area contributed by atoms with Crippen molar-refractivity contribution in [2.75, 3.05) is 7.11 Å². The van der Waals surface area contributed by atoms with Gasteiger partial charge in [-0.3, -0.25) is 0 Å². The van der Waals surface area contributed by atoms with Crippen molar-refractivity contribution in [1.29, 1.82) is 0 Å². The van der Waals surface area contributed by atoms with E-state index in [9.17, 15) is 0 Å². The van der Waals surface area contributed by atoms with Crippen LogP contribution in [-0.2, 0) is 6.54 Å². The van der Waals surface area contributed by atoms with Gasteiger partial charge in [0.15, 0.2) is 0 Å². The molecule has 1 aliphatic rings. The predicted molar refractivity (Wildman–Crippen MR) is 80.8 cm³/mol. The summed E-state index contributed by atoms with van der Waals surface area (Å²) in [6, 6.07) is 6.65. The normalized spacial score (nSPS) is 27.3. The second-order valence-electron chi connectivity index (χ2n) is 5.81. The number of hydrogen-bond donors (Lipinski definition) is 1. The Kier molecular flexibility index (Phi) is 5.12. The molecule has 0 heterocycles. The van der Waals surface area contributed by atoms with Crippen LogP contribution < -0.4 is 10.1 Å². The van der Waals surface area contributed by atoms with Crippen LogP contribution in [0.1, 0.15) is 38.7 Å². The third kappa shape index (κ3) is 3.87. The molecule has 0 aromatic heterocycles. The Morgan fingerprint density at radius 2 is 2.05 bits per heavy atom. The Balaban J connectivity index is 1.87. The van der Waals surface area contributed by atoms with Gasteiger partial charge in [-0.15, -0.1) is 0 Å². The van der Waals surface area contributed by atoms with E-state index in [1.807, 2.05) is 12.1 Å². The van der Waals surface area contributed by atoms with Crippen LogP contribution in [0.15, 0.2) is 18.2 Å². The molecule has 19 heavy (non-hydrogen) atoms. The fraction of sp³-hybridized carbons (Fsp3) is 0.625. The Morgan fingerprint density at radius 1 is 1.26 bits per heavy atom. The number of methoxy groups -OCH3 is 1. The summed E-state index contributed by atoms with van der Waals surface area (Å²) in [5.41, 5.74) is 1.22. The maximum Gasteiger partial charge on any atom is 0.137 e. The van der Waals surface area contributed by atoms with Crippen LogP contribution in [0.5, 0.6) is 5.75 Å². The molecule has 1 saturated carbocycles. The lowest BCUT2D eigenvalue weighted by atomic mass is 9.79. The molecule has 0 bridgehead atoms. The van der Waals surface area contributed by atoms with E-state index in [-0.39, 0.29) is 0 Å². The van der Waals surface area contributed by atoms with Gasteiger partial charge in [-0.25, -0.2) is 0 Å². The number of ether oxygens (including phenoxy) is 1. The zero-order chi connectivity index (χ0) is 13.8. The number of halogens is 1. The highest BCUT2D eigenvalue weighted by Gasteiger charge is 2.23. The smallest absolute Gasteiger partial charge is 0.137 e. The van der Waals surface area contributed by atoms with E-state index in [1.54, 1.807) is 7.11 Å². The highest BCUT2D eigenvalue weighted by molar-refractivity contribution is 6.32. The maximum absolute atomic E-state index is 6.14. The molecule has 0 spiro atoms. The van der Waals surface area contributed by atoms with Crippen LogP contribution in [0.4, 0.5) is 0 Å². The summed E-state index contributed by atoms with van der Waals surface area (Å²) >= 11 is 6.14. The fourth-order valence-electron chi connectivity index (χ4n) is 2.81. The van der Waals surface area contributed by atoms with Gasteiger partial charge in [0.25, 0.3) is 0 Å². The monoisotopic (exact) mass is 281 g/mol. The lowest BCUT2D eigenvalue weighted by Gasteiger charge is -2.32. The molecule has 2 rings (SSSR count). The van der Waals surface area contributed by atoms with Crippen molar-refractivity contribution < 1.29 is 4.74 Å². The first-order valence-electron chi connectivity index (χ1n) is 7.16. The van der Waals surface area contributed by atoms with E-state index >= 15 is 0 Å². The summed E-state index contributed by atoms with van der Waals surface area (Å²) in [5, 5.41) is 4.34. The van der Waals surface area contributed by atoms with Crippen molar-refractivity contribution in [2.45, 2.75) is 45.7 Å². The number of hydrogen-bond acceptors (Lipinski definition) is 2. The van der Waals surface area contributed by atoms with Gasteiger partial charge in [-0.1, -0.05) is 31.5 Å². The minimum Gasteiger partial charge on any atom is -0.495 e. The fourth-order valence-corrected chi connectivity index (χ4v) is 3.10. The number of nitrogens with one attached hydrogen (secondary N) is 1. The van der Waals surface area contributed by atoms with Crippen molar-refractivity contribution in [2.24, 2.45) is 11.8 Å². The molecule has 1 N–H and O–H groups in total. The quantitative estimate of drug-likeness (QED) is 0.890. The first kappa shape index (κ1) is 14.7. The topological polar surface area (TPSA) is 21.3 Å². The molecule has 0 radical (unpaired) electrons. The maximum atomic E-state index is 6.14. The van der Waals surface area contributed by atoms with E-state index in [0.717, 1.165) is 24.1 Å². The van der Waals surface area contributed by atoms with E-state index in [2.05, 4.69) is 25.2 Å². The lowest BCUT2D eigenvalue weighted by molar-refractivity contribution is 0.225. The Bertz CT molecular complexity index is 421. The standard InChI is InChI=1S/C16H24ClNO/c1-11-4-6-14(8-12(11)2)18-10-13-5-7-16(19-3)15(17)9-13/h5,7,9,11-12,14,18H,4,6,8,10H2,1-3H3. The highest BCUT2D eigenvalue weighted by Crippen LogP contribution is 2.30. The third-order valence-electron chi connectivity index (χ3n) is 4.41. The summed E-state index contributed by atoms with van der Waals surface area (Å²) in [4.78, 5) is 0. The molecular formula is C16H24ClNO. The second kappa shape index (κ2) is 6.62. The second-order valence-corrected chi connectivity index (χ2v) is 6.22. The molecule has 1 fully saturated rings. The minimum absolute atomic E-state index is 0.645. The largest absolute Gasteiger partial charge is 0.495 e. The van der Waals surface area contributed by atoms with Crippen LogP contribution in [-0.4, -0.2) is 13.2 Å².